The van der Waals surface area contributed by atoms with Crippen molar-refractivity contribution in [2.75, 3.05) is 32.8 Å². The van der Waals surface area contributed by atoms with Crippen molar-refractivity contribution in [3.63, 3.8) is 0 Å². The number of terminal acetylenes is 1. The number of fused-ring (bicyclic) bond motifs is 1. The lowest BCUT2D eigenvalue weighted by atomic mass is 10.0. The zero-order valence-electron chi connectivity index (χ0n) is 25.7. The molecule has 2 aliphatic rings. The summed E-state index contributed by atoms with van der Waals surface area (Å²) in [6, 6.07) is 15.4. The first-order chi connectivity index (χ1) is 20.0. The van der Waals surface area contributed by atoms with Crippen molar-refractivity contribution >= 4 is 10.8 Å². The maximum absolute atomic E-state index is 11.1. The molecule has 1 aliphatic carbocycles. The highest BCUT2D eigenvalue weighted by atomic mass is 16.6. The second-order valence-electron chi connectivity index (χ2n) is 9.19. The molecule has 41 heavy (non-hydrogen) atoms. The van der Waals surface area contributed by atoms with E-state index in [4.69, 9.17) is 5.11 Å². The summed E-state index contributed by atoms with van der Waals surface area (Å²) < 4.78 is 0. The fourth-order valence-electron chi connectivity index (χ4n) is 4.54. The number of hydrogen-bond acceptors (Lipinski definition) is 6. The molecule has 1 atom stereocenters. The standard InChI is InChI=1S/C15H19NO.C13H18N2O3.2C2H6.C2H2/c1-12(16-8-9-17)10-13-6-7-14-4-2-3-5-15(14)11-13;16-12-5-3-4-11(10-14-8-1-2-9-14)13(7-6-12)15(17)18;3*1-2/h2-7,11-12,16-17H,8-10H2,1H3;5-7,16H,1-4,8-10H2;2*1-2H3;1-2H/b;7-6-,12-5+,13-11-;;;. The normalized spacial score (nSPS) is 19.0. The van der Waals surface area contributed by atoms with Gasteiger partial charge in [-0.1, -0.05) is 70.2 Å². The van der Waals surface area contributed by atoms with Gasteiger partial charge in [-0.25, -0.2) is 0 Å². The summed E-state index contributed by atoms with van der Waals surface area (Å²) in [4.78, 5) is 13.0. The number of benzene rings is 2. The summed E-state index contributed by atoms with van der Waals surface area (Å²) in [5.74, 6) is 0.106. The number of nitrogens with zero attached hydrogens (tertiary/aromatic N) is 2. The van der Waals surface area contributed by atoms with Crippen LogP contribution in [0.15, 0.2) is 77.7 Å². The molecular weight excluding hydrogens is 514 g/mol. The van der Waals surface area contributed by atoms with Crippen LogP contribution in [0, 0.1) is 23.0 Å². The van der Waals surface area contributed by atoms with E-state index in [0.29, 0.717) is 32.0 Å². The minimum atomic E-state index is -0.347. The van der Waals surface area contributed by atoms with Crippen molar-refractivity contribution in [3.8, 4) is 12.8 Å². The van der Waals surface area contributed by atoms with E-state index in [1.165, 1.54) is 41.3 Å². The van der Waals surface area contributed by atoms with E-state index in [-0.39, 0.29) is 23.0 Å². The van der Waals surface area contributed by atoms with Crippen molar-refractivity contribution in [1.29, 1.82) is 0 Å². The van der Waals surface area contributed by atoms with Gasteiger partial charge >= 0.3 is 0 Å². The first-order valence-corrected chi connectivity index (χ1v) is 14.8. The Bertz CT molecular complexity index is 1120. The van der Waals surface area contributed by atoms with Gasteiger partial charge in [0.2, 0.25) is 0 Å². The van der Waals surface area contributed by atoms with Gasteiger partial charge in [0.05, 0.1) is 11.5 Å². The molecule has 2 aromatic carbocycles. The van der Waals surface area contributed by atoms with Gasteiger partial charge in [0.25, 0.3) is 5.70 Å². The highest BCUT2D eigenvalue weighted by molar-refractivity contribution is 5.83. The van der Waals surface area contributed by atoms with Gasteiger partial charge in [0.1, 0.15) is 5.76 Å². The fourth-order valence-corrected chi connectivity index (χ4v) is 4.54. The van der Waals surface area contributed by atoms with Gasteiger partial charge in [0, 0.05) is 30.8 Å². The highest BCUT2D eigenvalue weighted by Gasteiger charge is 2.21. The lowest BCUT2D eigenvalue weighted by molar-refractivity contribution is -0.420. The molecule has 3 N–H and O–H groups in total. The van der Waals surface area contributed by atoms with Crippen molar-refractivity contribution in [2.24, 2.45) is 0 Å². The minimum absolute atomic E-state index is 0.106. The maximum atomic E-state index is 11.1. The molecule has 1 heterocycles. The van der Waals surface area contributed by atoms with Gasteiger partial charge in [0.15, 0.2) is 0 Å². The highest BCUT2D eigenvalue weighted by Crippen LogP contribution is 2.21. The van der Waals surface area contributed by atoms with Crippen LogP contribution in [0.4, 0.5) is 0 Å². The molecule has 1 unspecified atom stereocenters. The Morgan fingerprint density at radius 3 is 2.27 bits per heavy atom. The molecule has 226 valence electrons. The van der Waals surface area contributed by atoms with E-state index in [9.17, 15) is 15.2 Å². The third-order valence-electron chi connectivity index (χ3n) is 6.34. The van der Waals surface area contributed by atoms with Gasteiger partial charge in [-0.3, -0.25) is 15.0 Å². The van der Waals surface area contributed by atoms with Crippen molar-refractivity contribution in [3.05, 3.63) is 93.4 Å². The fraction of sp³-hybridized carbons (Fsp3) is 0.471. The molecule has 0 saturated carbocycles. The summed E-state index contributed by atoms with van der Waals surface area (Å²) in [6.07, 6.45) is 17.2. The van der Waals surface area contributed by atoms with E-state index < -0.39 is 0 Å². The molecule has 4 rings (SSSR count). The Balaban J connectivity index is 0.000000661. The molecular formula is C34H51N3O4. The number of allylic oxidation sites excluding steroid dienone is 3. The third kappa shape index (κ3) is 14.7. The number of rotatable bonds is 8. The Kier molecular flexibility index (Phi) is 21.3. The van der Waals surface area contributed by atoms with Crippen LogP contribution < -0.4 is 5.32 Å². The van der Waals surface area contributed by atoms with Crippen LogP contribution in [0.2, 0.25) is 0 Å². The molecule has 1 aliphatic heterocycles. The van der Waals surface area contributed by atoms with Gasteiger partial charge in [-0.15, -0.1) is 12.8 Å². The SMILES string of the molecule is C#C.CC.CC.CC(Cc1ccc2ccccc2c1)NCCO.O=[N+]([O-])C1=C(\CN2CCCC2)CC\C=C(O)/C=C\1. The second kappa shape index (κ2) is 23.3. The summed E-state index contributed by atoms with van der Waals surface area (Å²) >= 11 is 0. The topological polar surface area (TPSA) is 98.9 Å². The molecule has 7 heteroatoms. The predicted octanol–water partition coefficient (Wildman–Crippen LogP) is 7.06. The molecule has 0 radical (unpaired) electrons. The summed E-state index contributed by atoms with van der Waals surface area (Å²) in [5, 5.41) is 35.1. The van der Waals surface area contributed by atoms with Crippen LogP contribution >= 0.6 is 0 Å². The van der Waals surface area contributed by atoms with Gasteiger partial charge < -0.3 is 15.5 Å². The van der Waals surface area contributed by atoms with Gasteiger partial charge in [-0.05, 0) is 80.6 Å². The smallest absolute Gasteiger partial charge is 0.270 e. The quantitative estimate of drug-likeness (QED) is 0.180. The molecule has 0 spiro atoms. The van der Waals surface area contributed by atoms with E-state index in [1.54, 1.807) is 6.08 Å². The predicted molar refractivity (Wildman–Crippen MR) is 174 cm³/mol. The van der Waals surface area contributed by atoms with E-state index >= 15 is 0 Å². The van der Waals surface area contributed by atoms with Crippen LogP contribution in [0.25, 0.3) is 10.8 Å². The summed E-state index contributed by atoms with van der Waals surface area (Å²) in [7, 11) is 0. The number of aliphatic hydroxyl groups excluding tert-OH is 2. The molecule has 0 amide bonds. The summed E-state index contributed by atoms with van der Waals surface area (Å²) in [5.41, 5.74) is 2.34. The van der Waals surface area contributed by atoms with Crippen molar-refractivity contribution in [2.45, 2.75) is 72.8 Å². The van der Waals surface area contributed by atoms with Crippen LogP contribution in [0.5, 0.6) is 0 Å². The molecule has 7 nitrogen and oxygen atoms in total. The second-order valence-corrected chi connectivity index (χ2v) is 9.19. The first kappa shape index (κ1) is 37.6. The van der Waals surface area contributed by atoms with E-state index in [2.05, 4.69) is 72.5 Å². The first-order valence-electron chi connectivity index (χ1n) is 14.8. The maximum Gasteiger partial charge on any atom is 0.270 e. The largest absolute Gasteiger partial charge is 0.508 e. The number of hydrogen-bond donors (Lipinski definition) is 3. The molecule has 0 aromatic heterocycles. The third-order valence-corrected chi connectivity index (χ3v) is 6.34. The molecule has 2 aromatic rings. The molecule has 1 saturated heterocycles. The lowest BCUT2D eigenvalue weighted by Gasteiger charge is -2.17. The minimum Gasteiger partial charge on any atom is -0.508 e. The number of likely N-dealkylation sites (tertiary alicyclic amines) is 1. The average molecular weight is 566 g/mol. The monoisotopic (exact) mass is 565 g/mol. The molecule has 1 fully saturated rings. The molecule has 0 bridgehead atoms. The van der Waals surface area contributed by atoms with Crippen LogP contribution in [-0.2, 0) is 6.42 Å². The Morgan fingerprint density at radius 2 is 1.66 bits per heavy atom. The van der Waals surface area contributed by atoms with Crippen molar-refractivity contribution in [1.82, 2.24) is 10.2 Å². The van der Waals surface area contributed by atoms with E-state index in [1.807, 2.05) is 27.7 Å². The zero-order valence-corrected chi connectivity index (χ0v) is 25.7. The van der Waals surface area contributed by atoms with E-state index in [0.717, 1.165) is 25.1 Å². The van der Waals surface area contributed by atoms with Crippen LogP contribution in [-0.4, -0.2) is 58.9 Å². The van der Waals surface area contributed by atoms with Crippen LogP contribution in [0.1, 0.15) is 65.9 Å². The van der Waals surface area contributed by atoms with Gasteiger partial charge in [-0.2, -0.15) is 0 Å². The van der Waals surface area contributed by atoms with Crippen molar-refractivity contribution < 1.29 is 15.1 Å². The van der Waals surface area contributed by atoms with Crippen LogP contribution in [0.3, 0.4) is 0 Å². The average Bonchev–Trinajstić information content (AvgIpc) is 3.51. The number of aliphatic hydroxyl groups is 2. The Labute approximate surface area is 247 Å². The number of nitrogens with one attached hydrogen (secondary N) is 1. The zero-order chi connectivity index (χ0) is 31.0. The Hall–Kier alpha value is -3.44. The lowest BCUT2D eigenvalue weighted by Crippen LogP contribution is -2.30. The number of nitro groups is 1. The Morgan fingerprint density at radius 1 is 1.02 bits per heavy atom. The summed E-state index contributed by atoms with van der Waals surface area (Å²) in [6.45, 7) is 13.7.